The Morgan fingerprint density at radius 1 is 1.14 bits per heavy atom. The number of carbonyl (C=O) groups excluding carboxylic acids is 2. The molecule has 0 spiro atoms. The highest BCUT2D eigenvalue weighted by Gasteiger charge is 2.13. The molecule has 0 aromatic heterocycles. The molecule has 0 radical (unpaired) electrons. The second-order valence-corrected chi connectivity index (χ2v) is 6.15. The van der Waals surface area contributed by atoms with Crippen molar-refractivity contribution in [1.29, 1.82) is 0 Å². The number of amides is 3. The highest BCUT2D eigenvalue weighted by Crippen LogP contribution is 2.21. The number of likely N-dealkylation sites (tertiary alicyclic amines) is 1. The van der Waals surface area contributed by atoms with E-state index in [1.807, 2.05) is 0 Å². The van der Waals surface area contributed by atoms with Gasteiger partial charge in [0, 0.05) is 10.0 Å². The highest BCUT2D eigenvalue weighted by molar-refractivity contribution is 6.35. The largest absolute Gasteiger partial charge is 0.325 e. The van der Waals surface area contributed by atoms with Gasteiger partial charge in [0.05, 0.1) is 13.1 Å². The normalized spacial score (nSPS) is 15.4. The Bertz CT molecular complexity index is 546. The molecule has 1 aromatic carbocycles. The number of rotatable bonds is 4. The smallest absolute Gasteiger partial charge is 0.322 e. The Balaban J connectivity index is 1.74. The van der Waals surface area contributed by atoms with Crippen LogP contribution < -0.4 is 10.6 Å². The number of halogens is 2. The molecule has 2 N–H and O–H groups in total. The van der Waals surface area contributed by atoms with E-state index in [2.05, 4.69) is 15.5 Å². The molecule has 0 bridgehead atoms. The minimum Gasteiger partial charge on any atom is -0.325 e. The van der Waals surface area contributed by atoms with Crippen LogP contribution in [-0.4, -0.2) is 36.6 Å². The lowest BCUT2D eigenvalue weighted by Gasteiger charge is -2.26. The summed E-state index contributed by atoms with van der Waals surface area (Å²) in [6.45, 7) is 2.42. The van der Waals surface area contributed by atoms with Gasteiger partial charge >= 0.3 is 6.03 Å². The predicted octanol–water partition coefficient (Wildman–Crippen LogP) is 2.81. The van der Waals surface area contributed by atoms with E-state index in [4.69, 9.17) is 23.2 Å². The number of piperidine rings is 1. The van der Waals surface area contributed by atoms with Crippen molar-refractivity contribution in [3.05, 3.63) is 33.8 Å². The average molecular weight is 344 g/mol. The minimum atomic E-state index is -0.486. The summed E-state index contributed by atoms with van der Waals surface area (Å²) >= 11 is 11.8. The van der Waals surface area contributed by atoms with Crippen LogP contribution >= 0.6 is 23.2 Å². The van der Waals surface area contributed by atoms with Gasteiger partial charge in [-0.1, -0.05) is 35.7 Å². The summed E-state index contributed by atoms with van der Waals surface area (Å²) in [7, 11) is 0. The summed E-state index contributed by atoms with van der Waals surface area (Å²) in [5.74, 6) is -0.402. The number of nitrogens with one attached hydrogen (secondary N) is 2. The molecule has 7 heteroatoms. The van der Waals surface area contributed by atoms with Gasteiger partial charge in [-0.05, 0) is 43.6 Å². The molecule has 1 saturated heterocycles. The van der Waals surface area contributed by atoms with Crippen LogP contribution in [0.25, 0.3) is 0 Å². The third-order valence-corrected chi connectivity index (χ3v) is 4.12. The second-order valence-electron chi connectivity index (χ2n) is 5.30. The van der Waals surface area contributed by atoms with Crippen LogP contribution in [-0.2, 0) is 11.2 Å². The topological polar surface area (TPSA) is 61.4 Å². The van der Waals surface area contributed by atoms with E-state index in [9.17, 15) is 9.59 Å². The van der Waals surface area contributed by atoms with E-state index in [1.165, 1.54) is 6.42 Å². The lowest BCUT2D eigenvalue weighted by Crippen LogP contribution is -2.46. The van der Waals surface area contributed by atoms with Gasteiger partial charge in [0.25, 0.3) is 0 Å². The Morgan fingerprint density at radius 3 is 2.55 bits per heavy atom. The fourth-order valence-electron chi connectivity index (χ4n) is 2.35. The predicted molar refractivity (Wildman–Crippen MR) is 87.1 cm³/mol. The van der Waals surface area contributed by atoms with Gasteiger partial charge in [0.1, 0.15) is 0 Å². The van der Waals surface area contributed by atoms with Gasteiger partial charge in [0.15, 0.2) is 0 Å². The van der Waals surface area contributed by atoms with Crippen LogP contribution in [0.1, 0.15) is 24.8 Å². The molecular formula is C15H19Cl2N3O2. The molecule has 3 amide bonds. The summed E-state index contributed by atoms with van der Waals surface area (Å²) < 4.78 is 0. The Kier molecular flexibility index (Phi) is 6.49. The Morgan fingerprint density at radius 2 is 1.86 bits per heavy atom. The first kappa shape index (κ1) is 17.1. The van der Waals surface area contributed by atoms with E-state index in [-0.39, 0.29) is 6.42 Å². The first-order chi connectivity index (χ1) is 10.5. The zero-order valence-corrected chi connectivity index (χ0v) is 13.7. The molecule has 1 aliphatic rings. The van der Waals surface area contributed by atoms with Gasteiger partial charge in [-0.3, -0.25) is 15.0 Å². The quantitative estimate of drug-likeness (QED) is 0.883. The number of benzene rings is 1. The van der Waals surface area contributed by atoms with Gasteiger partial charge in [-0.25, -0.2) is 4.79 Å². The van der Waals surface area contributed by atoms with Gasteiger partial charge in [-0.15, -0.1) is 0 Å². The molecule has 1 aromatic rings. The third kappa shape index (κ3) is 5.48. The van der Waals surface area contributed by atoms with Crippen molar-refractivity contribution in [3.63, 3.8) is 0 Å². The zero-order valence-electron chi connectivity index (χ0n) is 12.2. The fraction of sp³-hybridized carbons (Fsp3) is 0.467. The standard InChI is InChI=1S/C15H19Cl2N3O2/c16-12-5-4-11(13(17)9-12)8-14(21)19-15(22)18-10-20-6-2-1-3-7-20/h4-5,9H,1-3,6-8,10H2,(H2,18,19,21,22). The molecule has 1 fully saturated rings. The maximum absolute atomic E-state index is 11.8. The molecule has 120 valence electrons. The number of nitrogens with zero attached hydrogens (tertiary/aromatic N) is 1. The molecule has 1 heterocycles. The number of hydrogen-bond acceptors (Lipinski definition) is 3. The van der Waals surface area contributed by atoms with E-state index in [1.54, 1.807) is 18.2 Å². The number of hydrogen-bond donors (Lipinski definition) is 2. The summed E-state index contributed by atoms with van der Waals surface area (Å²) in [6.07, 6.45) is 3.57. The second kappa shape index (κ2) is 8.36. The summed E-state index contributed by atoms with van der Waals surface area (Å²) in [4.78, 5) is 25.7. The maximum atomic E-state index is 11.8. The van der Waals surface area contributed by atoms with Crippen molar-refractivity contribution in [2.45, 2.75) is 25.7 Å². The number of urea groups is 1. The summed E-state index contributed by atoms with van der Waals surface area (Å²) in [6, 6.07) is 4.42. The van der Waals surface area contributed by atoms with Crippen molar-refractivity contribution in [3.8, 4) is 0 Å². The van der Waals surface area contributed by atoms with Crippen LogP contribution in [0.5, 0.6) is 0 Å². The highest BCUT2D eigenvalue weighted by atomic mass is 35.5. The van der Waals surface area contributed by atoms with E-state index in [0.29, 0.717) is 22.3 Å². The summed E-state index contributed by atoms with van der Waals surface area (Å²) in [5.41, 5.74) is 0.632. The summed E-state index contributed by atoms with van der Waals surface area (Å²) in [5, 5.41) is 5.92. The van der Waals surface area contributed by atoms with Crippen molar-refractivity contribution < 1.29 is 9.59 Å². The van der Waals surface area contributed by atoms with Crippen molar-refractivity contribution in [1.82, 2.24) is 15.5 Å². The maximum Gasteiger partial charge on any atom is 0.322 e. The van der Waals surface area contributed by atoms with Crippen molar-refractivity contribution in [2.75, 3.05) is 19.8 Å². The van der Waals surface area contributed by atoms with Gasteiger partial charge in [-0.2, -0.15) is 0 Å². The van der Waals surface area contributed by atoms with E-state index < -0.39 is 11.9 Å². The van der Waals surface area contributed by atoms with Crippen LogP contribution in [0.2, 0.25) is 10.0 Å². The molecule has 1 aliphatic heterocycles. The van der Waals surface area contributed by atoms with Gasteiger partial charge < -0.3 is 5.32 Å². The van der Waals surface area contributed by atoms with Crippen molar-refractivity contribution >= 4 is 35.1 Å². The average Bonchev–Trinajstić information content (AvgIpc) is 2.49. The molecule has 2 rings (SSSR count). The third-order valence-electron chi connectivity index (χ3n) is 3.53. The van der Waals surface area contributed by atoms with Gasteiger partial charge in [0.2, 0.25) is 5.91 Å². The monoisotopic (exact) mass is 343 g/mol. The lowest BCUT2D eigenvalue weighted by molar-refractivity contribution is -0.119. The first-order valence-corrected chi connectivity index (χ1v) is 8.04. The minimum absolute atomic E-state index is 0.0349. The molecule has 5 nitrogen and oxygen atoms in total. The van der Waals surface area contributed by atoms with Crippen LogP contribution in [0.15, 0.2) is 18.2 Å². The SMILES string of the molecule is O=C(Cc1ccc(Cl)cc1Cl)NC(=O)NCN1CCCCC1. The van der Waals surface area contributed by atoms with E-state index >= 15 is 0 Å². The van der Waals surface area contributed by atoms with Crippen LogP contribution in [0.4, 0.5) is 4.79 Å². The van der Waals surface area contributed by atoms with Crippen LogP contribution in [0, 0.1) is 0 Å². The number of carbonyl (C=O) groups is 2. The van der Waals surface area contributed by atoms with Crippen molar-refractivity contribution in [2.24, 2.45) is 0 Å². The lowest BCUT2D eigenvalue weighted by atomic mass is 10.1. The molecule has 22 heavy (non-hydrogen) atoms. The Labute approximate surface area is 139 Å². The fourth-order valence-corrected chi connectivity index (χ4v) is 2.83. The molecule has 0 atom stereocenters. The zero-order chi connectivity index (χ0) is 15.9. The number of imide groups is 1. The Hall–Kier alpha value is -1.30. The molecule has 0 aliphatic carbocycles. The molecular weight excluding hydrogens is 325 g/mol. The first-order valence-electron chi connectivity index (χ1n) is 7.28. The molecule has 0 unspecified atom stereocenters. The molecule has 0 saturated carbocycles. The van der Waals surface area contributed by atoms with E-state index in [0.717, 1.165) is 25.9 Å². The van der Waals surface area contributed by atoms with Crippen LogP contribution in [0.3, 0.4) is 0 Å².